The third-order valence-electron chi connectivity index (χ3n) is 3.31. The normalized spacial score (nSPS) is 18.1. The zero-order valence-corrected chi connectivity index (χ0v) is 14.7. The molecular formula is C15H33N3O2S. The Bertz CT molecular complexity index is 249. The molecule has 0 bridgehead atoms. The number of likely N-dealkylation sites (tertiary alicyclic amines) is 1. The molecule has 1 heterocycles. The lowest BCUT2D eigenvalue weighted by Gasteiger charge is -2.40. The van der Waals surface area contributed by atoms with E-state index in [1.807, 2.05) is 0 Å². The SMILES string of the molecule is CC(C)NC1CN(CCOCCOCCNC[C@H](C)S)C1. The van der Waals surface area contributed by atoms with Crippen molar-refractivity contribution in [3.63, 3.8) is 0 Å². The van der Waals surface area contributed by atoms with E-state index in [0.717, 1.165) is 45.9 Å². The molecule has 1 aliphatic heterocycles. The second-order valence-electron chi connectivity index (χ2n) is 6.06. The molecule has 1 aliphatic rings. The minimum Gasteiger partial charge on any atom is -0.378 e. The summed E-state index contributed by atoms with van der Waals surface area (Å²) in [7, 11) is 0. The van der Waals surface area contributed by atoms with Crippen LogP contribution >= 0.6 is 12.6 Å². The van der Waals surface area contributed by atoms with E-state index in [1.165, 1.54) is 0 Å². The number of hydrogen-bond donors (Lipinski definition) is 3. The highest BCUT2D eigenvalue weighted by atomic mass is 32.1. The molecule has 0 aromatic rings. The van der Waals surface area contributed by atoms with Crippen LogP contribution in [0.2, 0.25) is 0 Å². The van der Waals surface area contributed by atoms with E-state index >= 15 is 0 Å². The molecule has 2 N–H and O–H groups in total. The van der Waals surface area contributed by atoms with Crippen LogP contribution in [0.5, 0.6) is 0 Å². The van der Waals surface area contributed by atoms with Gasteiger partial charge in [0.15, 0.2) is 0 Å². The smallest absolute Gasteiger partial charge is 0.0701 e. The second-order valence-corrected chi connectivity index (χ2v) is 6.94. The van der Waals surface area contributed by atoms with Crippen molar-refractivity contribution in [3.8, 4) is 0 Å². The number of rotatable bonds is 13. The van der Waals surface area contributed by atoms with E-state index in [9.17, 15) is 0 Å². The van der Waals surface area contributed by atoms with E-state index in [4.69, 9.17) is 9.47 Å². The fraction of sp³-hybridized carbons (Fsp3) is 1.00. The molecule has 126 valence electrons. The maximum atomic E-state index is 5.58. The van der Waals surface area contributed by atoms with Crippen LogP contribution in [0, 0.1) is 0 Å². The highest BCUT2D eigenvalue weighted by Crippen LogP contribution is 2.07. The van der Waals surface area contributed by atoms with E-state index in [0.29, 0.717) is 30.5 Å². The summed E-state index contributed by atoms with van der Waals surface area (Å²) < 4.78 is 11.1. The Morgan fingerprint density at radius 3 is 2.38 bits per heavy atom. The molecule has 0 amide bonds. The van der Waals surface area contributed by atoms with E-state index in [1.54, 1.807) is 0 Å². The molecule has 0 aromatic carbocycles. The van der Waals surface area contributed by atoms with Gasteiger partial charge in [-0.25, -0.2) is 0 Å². The van der Waals surface area contributed by atoms with Gasteiger partial charge in [0.2, 0.25) is 0 Å². The Labute approximate surface area is 135 Å². The number of nitrogens with one attached hydrogen (secondary N) is 2. The molecule has 0 radical (unpaired) electrons. The van der Waals surface area contributed by atoms with Crippen LogP contribution in [-0.4, -0.2) is 81.4 Å². The number of ether oxygens (including phenoxy) is 2. The lowest BCUT2D eigenvalue weighted by Crippen LogP contribution is -2.59. The molecular weight excluding hydrogens is 286 g/mol. The van der Waals surface area contributed by atoms with Crippen molar-refractivity contribution in [2.45, 2.75) is 38.1 Å². The van der Waals surface area contributed by atoms with Crippen molar-refractivity contribution in [1.82, 2.24) is 15.5 Å². The summed E-state index contributed by atoms with van der Waals surface area (Å²) in [6.07, 6.45) is 0. The van der Waals surface area contributed by atoms with Crippen molar-refractivity contribution in [3.05, 3.63) is 0 Å². The Morgan fingerprint density at radius 2 is 1.76 bits per heavy atom. The maximum absolute atomic E-state index is 5.58. The summed E-state index contributed by atoms with van der Waals surface area (Å²) in [6.45, 7) is 14.5. The van der Waals surface area contributed by atoms with Crippen molar-refractivity contribution in [1.29, 1.82) is 0 Å². The van der Waals surface area contributed by atoms with Crippen LogP contribution in [-0.2, 0) is 9.47 Å². The highest BCUT2D eigenvalue weighted by molar-refractivity contribution is 7.80. The van der Waals surface area contributed by atoms with Crippen LogP contribution in [0.3, 0.4) is 0 Å². The van der Waals surface area contributed by atoms with E-state index in [-0.39, 0.29) is 0 Å². The Kier molecular flexibility index (Phi) is 10.7. The van der Waals surface area contributed by atoms with Crippen molar-refractivity contribution in [2.75, 3.05) is 59.2 Å². The molecule has 21 heavy (non-hydrogen) atoms. The fourth-order valence-corrected chi connectivity index (χ4v) is 2.43. The van der Waals surface area contributed by atoms with Crippen LogP contribution in [0.25, 0.3) is 0 Å². The van der Waals surface area contributed by atoms with Gasteiger partial charge >= 0.3 is 0 Å². The van der Waals surface area contributed by atoms with Crippen LogP contribution in [0.15, 0.2) is 0 Å². The summed E-state index contributed by atoms with van der Waals surface area (Å²) in [4.78, 5) is 2.42. The summed E-state index contributed by atoms with van der Waals surface area (Å²) >= 11 is 4.30. The predicted molar refractivity (Wildman–Crippen MR) is 91.5 cm³/mol. The summed E-state index contributed by atoms with van der Waals surface area (Å²) in [5.41, 5.74) is 0. The second kappa shape index (κ2) is 11.7. The molecule has 0 unspecified atom stereocenters. The van der Waals surface area contributed by atoms with Gasteiger partial charge in [0.05, 0.1) is 26.4 Å². The standard InChI is InChI=1S/C15H33N3O2S/c1-13(2)17-15-11-18(12-15)5-7-20-9-8-19-6-4-16-10-14(3)21/h13-17,21H,4-12H2,1-3H3/t14-/m0/s1. The predicted octanol–water partition coefficient (Wildman–Crippen LogP) is 0.610. The molecule has 0 spiro atoms. The lowest BCUT2D eigenvalue weighted by molar-refractivity contribution is 0.0249. The molecule has 0 aliphatic carbocycles. The molecule has 1 saturated heterocycles. The van der Waals surface area contributed by atoms with Gasteiger partial charge in [-0.2, -0.15) is 12.6 Å². The molecule has 1 rings (SSSR count). The van der Waals surface area contributed by atoms with Gasteiger partial charge in [-0.1, -0.05) is 20.8 Å². The summed E-state index contributed by atoms with van der Waals surface area (Å²) in [5, 5.41) is 7.21. The molecule has 6 heteroatoms. The van der Waals surface area contributed by atoms with Crippen LogP contribution in [0.4, 0.5) is 0 Å². The Morgan fingerprint density at radius 1 is 1.10 bits per heavy atom. The van der Waals surface area contributed by atoms with Crippen molar-refractivity contribution >= 4 is 12.6 Å². The Balaban J connectivity index is 1.74. The number of thiol groups is 1. The zero-order chi connectivity index (χ0) is 15.5. The van der Waals surface area contributed by atoms with Gasteiger partial charge in [-0.3, -0.25) is 4.90 Å². The molecule has 1 atom stereocenters. The summed E-state index contributed by atoms with van der Waals surface area (Å²) in [6, 6.07) is 1.25. The van der Waals surface area contributed by atoms with Gasteiger partial charge in [-0.15, -0.1) is 0 Å². The van der Waals surface area contributed by atoms with Gasteiger partial charge in [0.1, 0.15) is 0 Å². The molecule has 0 saturated carbocycles. The fourth-order valence-electron chi connectivity index (χ4n) is 2.30. The minimum atomic E-state index is 0.394. The van der Waals surface area contributed by atoms with Gasteiger partial charge < -0.3 is 20.1 Å². The monoisotopic (exact) mass is 319 g/mol. The zero-order valence-electron chi connectivity index (χ0n) is 13.8. The average Bonchev–Trinajstić information content (AvgIpc) is 2.36. The van der Waals surface area contributed by atoms with E-state index in [2.05, 4.69) is 48.9 Å². The first-order valence-corrected chi connectivity index (χ1v) is 8.62. The maximum Gasteiger partial charge on any atom is 0.0701 e. The van der Waals surface area contributed by atoms with E-state index < -0.39 is 0 Å². The van der Waals surface area contributed by atoms with Crippen molar-refractivity contribution < 1.29 is 9.47 Å². The van der Waals surface area contributed by atoms with Crippen LogP contribution < -0.4 is 10.6 Å². The largest absolute Gasteiger partial charge is 0.378 e. The third-order valence-corrected chi connectivity index (χ3v) is 3.50. The quantitative estimate of drug-likeness (QED) is 0.343. The minimum absolute atomic E-state index is 0.394. The highest BCUT2D eigenvalue weighted by Gasteiger charge is 2.25. The lowest BCUT2D eigenvalue weighted by atomic mass is 10.1. The van der Waals surface area contributed by atoms with Crippen molar-refractivity contribution in [2.24, 2.45) is 0 Å². The first kappa shape index (κ1) is 19.2. The van der Waals surface area contributed by atoms with Gasteiger partial charge in [-0.05, 0) is 0 Å². The summed E-state index contributed by atoms with van der Waals surface area (Å²) in [5.74, 6) is 0. The first-order chi connectivity index (χ1) is 10.1. The van der Waals surface area contributed by atoms with Gasteiger partial charge in [0.25, 0.3) is 0 Å². The molecule has 0 aromatic heterocycles. The topological polar surface area (TPSA) is 45.8 Å². The number of nitrogens with zero attached hydrogens (tertiary/aromatic N) is 1. The number of hydrogen-bond acceptors (Lipinski definition) is 6. The third kappa shape index (κ3) is 10.5. The molecule has 5 nitrogen and oxygen atoms in total. The average molecular weight is 320 g/mol. The Hall–Kier alpha value is 0.150. The molecule has 1 fully saturated rings. The van der Waals surface area contributed by atoms with Gasteiger partial charge in [0, 0.05) is 50.1 Å². The van der Waals surface area contributed by atoms with Crippen LogP contribution in [0.1, 0.15) is 20.8 Å². The first-order valence-electron chi connectivity index (χ1n) is 8.10.